The number of benzene rings is 1. The van der Waals surface area contributed by atoms with Crippen LogP contribution in [0.15, 0.2) is 41.8 Å². The molecule has 2 atom stereocenters. The molecule has 0 radical (unpaired) electrons. The maximum absolute atomic E-state index is 13.6. The van der Waals surface area contributed by atoms with Gasteiger partial charge >= 0.3 is 0 Å². The van der Waals surface area contributed by atoms with E-state index >= 15 is 0 Å². The molecule has 3 heteroatoms. The van der Waals surface area contributed by atoms with Gasteiger partial charge in [0.1, 0.15) is 5.82 Å². The fourth-order valence-electron chi connectivity index (χ4n) is 2.33. The predicted octanol–water partition coefficient (Wildman–Crippen LogP) is 4.04. The number of rotatable bonds is 6. The molecule has 0 spiro atoms. The molecule has 1 aromatic heterocycles. The van der Waals surface area contributed by atoms with Crippen molar-refractivity contribution in [1.29, 1.82) is 0 Å². The zero-order valence-electron chi connectivity index (χ0n) is 11.4. The summed E-state index contributed by atoms with van der Waals surface area (Å²) in [5.41, 5.74) is 0.783. The zero-order valence-corrected chi connectivity index (χ0v) is 12.2. The van der Waals surface area contributed by atoms with Gasteiger partial charge in [0.2, 0.25) is 0 Å². The fourth-order valence-corrected chi connectivity index (χ4v) is 3.16. The highest BCUT2D eigenvalue weighted by Gasteiger charge is 2.11. The molecule has 1 nitrogen and oxygen atoms in total. The van der Waals surface area contributed by atoms with Crippen LogP contribution in [0.1, 0.15) is 24.3 Å². The van der Waals surface area contributed by atoms with E-state index in [0.717, 1.165) is 18.4 Å². The quantitative estimate of drug-likeness (QED) is 0.840. The molecule has 0 aliphatic rings. The summed E-state index contributed by atoms with van der Waals surface area (Å²) in [6.07, 6.45) is 1.75. The monoisotopic (exact) mass is 277 g/mol. The number of halogens is 1. The van der Waals surface area contributed by atoms with Crippen molar-refractivity contribution in [2.45, 2.75) is 38.8 Å². The van der Waals surface area contributed by atoms with E-state index in [4.69, 9.17) is 0 Å². The van der Waals surface area contributed by atoms with Gasteiger partial charge in [-0.2, -0.15) is 0 Å². The van der Waals surface area contributed by atoms with Gasteiger partial charge in [0.05, 0.1) is 0 Å². The molecule has 1 N–H and O–H groups in total. The second-order valence-electron chi connectivity index (χ2n) is 5.05. The summed E-state index contributed by atoms with van der Waals surface area (Å²) in [7, 11) is 0. The Balaban J connectivity index is 1.84. The molecule has 2 rings (SSSR count). The highest BCUT2D eigenvalue weighted by molar-refractivity contribution is 7.09. The van der Waals surface area contributed by atoms with Crippen molar-refractivity contribution in [2.75, 3.05) is 0 Å². The topological polar surface area (TPSA) is 12.0 Å². The Hall–Kier alpha value is -1.19. The molecule has 0 saturated heterocycles. The van der Waals surface area contributed by atoms with Crippen LogP contribution in [0.2, 0.25) is 0 Å². The van der Waals surface area contributed by atoms with Gasteiger partial charge in [-0.25, -0.2) is 4.39 Å². The van der Waals surface area contributed by atoms with Gasteiger partial charge in [-0.3, -0.25) is 0 Å². The van der Waals surface area contributed by atoms with Crippen LogP contribution in [0.4, 0.5) is 4.39 Å². The van der Waals surface area contributed by atoms with Crippen molar-refractivity contribution in [3.63, 3.8) is 0 Å². The summed E-state index contributed by atoms with van der Waals surface area (Å²) in [5.74, 6) is -0.109. The first-order valence-electron chi connectivity index (χ1n) is 6.67. The second-order valence-corrected chi connectivity index (χ2v) is 6.08. The summed E-state index contributed by atoms with van der Waals surface area (Å²) < 4.78 is 13.6. The lowest BCUT2D eigenvalue weighted by atomic mass is 10.1. The molecule has 1 aromatic carbocycles. The van der Waals surface area contributed by atoms with Gasteiger partial charge in [-0.1, -0.05) is 24.3 Å². The first-order valence-corrected chi connectivity index (χ1v) is 7.55. The Labute approximate surface area is 118 Å². The van der Waals surface area contributed by atoms with Gasteiger partial charge in [-0.05, 0) is 49.8 Å². The summed E-state index contributed by atoms with van der Waals surface area (Å²) in [4.78, 5) is 1.39. The third kappa shape index (κ3) is 4.44. The van der Waals surface area contributed by atoms with Gasteiger partial charge in [0.25, 0.3) is 0 Å². The standard InChI is InChI=1S/C16H20FNS/c1-12(10-14-6-3-4-8-16(14)17)18-13(2)11-15-7-5-9-19-15/h3-9,12-13,18H,10-11H2,1-2H3. The molecule has 0 saturated carbocycles. The van der Waals surface area contributed by atoms with Crippen LogP contribution in [0, 0.1) is 5.82 Å². The second kappa shape index (κ2) is 6.83. The van der Waals surface area contributed by atoms with Crippen molar-refractivity contribution in [1.82, 2.24) is 5.32 Å². The lowest BCUT2D eigenvalue weighted by Gasteiger charge is -2.20. The minimum atomic E-state index is -0.109. The molecule has 102 valence electrons. The van der Waals surface area contributed by atoms with E-state index in [-0.39, 0.29) is 11.9 Å². The zero-order chi connectivity index (χ0) is 13.7. The summed E-state index contributed by atoms with van der Waals surface area (Å²) in [5, 5.41) is 5.64. The lowest BCUT2D eigenvalue weighted by molar-refractivity contribution is 0.457. The van der Waals surface area contributed by atoms with E-state index in [2.05, 4.69) is 36.7 Å². The van der Waals surface area contributed by atoms with Gasteiger partial charge in [-0.15, -0.1) is 11.3 Å². The van der Waals surface area contributed by atoms with E-state index in [0.29, 0.717) is 6.04 Å². The molecule has 2 aromatic rings. The van der Waals surface area contributed by atoms with Crippen molar-refractivity contribution in [2.24, 2.45) is 0 Å². The molecule has 0 aliphatic carbocycles. The van der Waals surface area contributed by atoms with Crippen molar-refractivity contribution in [3.8, 4) is 0 Å². The Morgan fingerprint density at radius 3 is 2.47 bits per heavy atom. The average molecular weight is 277 g/mol. The number of hydrogen-bond acceptors (Lipinski definition) is 2. The third-order valence-electron chi connectivity index (χ3n) is 3.14. The summed E-state index contributed by atoms with van der Waals surface area (Å²) >= 11 is 1.78. The maximum Gasteiger partial charge on any atom is 0.126 e. The van der Waals surface area contributed by atoms with Crippen LogP contribution in [-0.2, 0) is 12.8 Å². The fraction of sp³-hybridized carbons (Fsp3) is 0.375. The first kappa shape index (κ1) is 14.2. The van der Waals surface area contributed by atoms with Gasteiger partial charge < -0.3 is 5.32 Å². The SMILES string of the molecule is CC(Cc1cccs1)NC(C)Cc1ccccc1F. The highest BCUT2D eigenvalue weighted by Crippen LogP contribution is 2.13. The highest BCUT2D eigenvalue weighted by atomic mass is 32.1. The minimum Gasteiger partial charge on any atom is -0.311 e. The van der Waals surface area contributed by atoms with E-state index in [1.54, 1.807) is 17.4 Å². The van der Waals surface area contributed by atoms with E-state index in [9.17, 15) is 4.39 Å². The Morgan fingerprint density at radius 1 is 1.05 bits per heavy atom. The normalized spacial score (nSPS) is 14.3. The lowest BCUT2D eigenvalue weighted by Crippen LogP contribution is -2.37. The molecule has 1 heterocycles. The molecule has 19 heavy (non-hydrogen) atoms. The predicted molar refractivity (Wildman–Crippen MR) is 80.2 cm³/mol. The molecular formula is C16H20FNS. The first-order chi connectivity index (χ1) is 9.15. The van der Waals surface area contributed by atoms with Crippen LogP contribution in [0.3, 0.4) is 0 Å². The van der Waals surface area contributed by atoms with Crippen LogP contribution >= 0.6 is 11.3 Å². The largest absolute Gasteiger partial charge is 0.311 e. The Morgan fingerprint density at radius 2 is 1.79 bits per heavy atom. The van der Waals surface area contributed by atoms with Gasteiger partial charge in [0, 0.05) is 17.0 Å². The van der Waals surface area contributed by atoms with E-state index < -0.39 is 0 Å². The van der Waals surface area contributed by atoms with Crippen molar-refractivity contribution in [3.05, 3.63) is 58.0 Å². The van der Waals surface area contributed by atoms with E-state index in [1.165, 1.54) is 10.9 Å². The number of nitrogens with one attached hydrogen (secondary N) is 1. The molecule has 0 aliphatic heterocycles. The molecule has 2 unspecified atom stereocenters. The Kier molecular flexibility index (Phi) is 5.11. The molecule has 0 amide bonds. The van der Waals surface area contributed by atoms with Crippen molar-refractivity contribution >= 4 is 11.3 Å². The summed E-state index contributed by atoms with van der Waals surface area (Å²) in [6, 6.07) is 11.9. The van der Waals surface area contributed by atoms with Gasteiger partial charge in [0.15, 0.2) is 0 Å². The molecule has 0 fully saturated rings. The van der Waals surface area contributed by atoms with Crippen LogP contribution in [0.5, 0.6) is 0 Å². The van der Waals surface area contributed by atoms with Crippen LogP contribution in [0.25, 0.3) is 0 Å². The molecular weight excluding hydrogens is 257 g/mol. The van der Waals surface area contributed by atoms with Crippen LogP contribution in [-0.4, -0.2) is 12.1 Å². The maximum atomic E-state index is 13.6. The minimum absolute atomic E-state index is 0.109. The molecule has 0 bridgehead atoms. The summed E-state index contributed by atoms with van der Waals surface area (Å²) in [6.45, 7) is 4.29. The average Bonchev–Trinajstić information content (AvgIpc) is 2.84. The number of hydrogen-bond donors (Lipinski definition) is 1. The van der Waals surface area contributed by atoms with E-state index in [1.807, 2.05) is 12.1 Å². The number of thiophene rings is 1. The van der Waals surface area contributed by atoms with Crippen molar-refractivity contribution < 1.29 is 4.39 Å². The third-order valence-corrected chi connectivity index (χ3v) is 4.04. The Bertz CT molecular complexity index is 495. The van der Waals surface area contributed by atoms with Crippen LogP contribution < -0.4 is 5.32 Å². The smallest absolute Gasteiger partial charge is 0.126 e.